The highest BCUT2D eigenvalue weighted by atomic mass is 35.5. The van der Waals surface area contributed by atoms with Crippen molar-refractivity contribution < 1.29 is 9.59 Å². The summed E-state index contributed by atoms with van der Waals surface area (Å²) < 4.78 is 0. The number of likely N-dealkylation sites (tertiary alicyclic amines) is 1. The third-order valence-electron chi connectivity index (χ3n) is 5.43. The van der Waals surface area contributed by atoms with E-state index in [9.17, 15) is 9.59 Å². The van der Waals surface area contributed by atoms with Crippen molar-refractivity contribution in [2.24, 2.45) is 11.8 Å². The van der Waals surface area contributed by atoms with E-state index in [1.807, 2.05) is 9.80 Å². The highest BCUT2D eigenvalue weighted by molar-refractivity contribution is 8.01. The first-order valence-corrected chi connectivity index (χ1v) is 8.53. The molecule has 0 spiro atoms. The Balaban J connectivity index is 0.00000132. The summed E-state index contributed by atoms with van der Waals surface area (Å²) in [5.74, 6) is 2.36. The lowest BCUT2D eigenvalue weighted by Gasteiger charge is -2.32. The second-order valence-electron chi connectivity index (χ2n) is 6.69. The number of nitrogens with one attached hydrogen (secondary N) is 1. The van der Waals surface area contributed by atoms with Crippen LogP contribution in [0.5, 0.6) is 0 Å². The van der Waals surface area contributed by atoms with Gasteiger partial charge in [0.25, 0.3) is 0 Å². The molecule has 4 fully saturated rings. The molecule has 0 bridgehead atoms. The number of rotatable bonds is 1. The second kappa shape index (κ2) is 5.32. The van der Waals surface area contributed by atoms with Gasteiger partial charge in [-0.3, -0.25) is 9.59 Å². The average Bonchev–Trinajstić information content (AvgIpc) is 3.10. The smallest absolute Gasteiger partial charge is 0.246 e. The Kier molecular flexibility index (Phi) is 3.91. The summed E-state index contributed by atoms with van der Waals surface area (Å²) in [4.78, 5) is 28.7. The number of carbonyl (C=O) groups is 2. The first-order chi connectivity index (χ1) is 9.58. The van der Waals surface area contributed by atoms with E-state index in [0.717, 1.165) is 38.4 Å². The molecular weight excluding hydrogens is 310 g/mol. The lowest BCUT2D eigenvalue weighted by atomic mass is 10.0. The molecule has 2 amide bonds. The van der Waals surface area contributed by atoms with E-state index in [2.05, 4.69) is 12.2 Å². The standard InChI is InChI=1S/C14H21N3O2S.ClH/c1-14-3-2-12(18)17(14)11(8-20-14)13(19)16-6-9-4-15-5-10(9)7-16;/h9-11,15H,2-8H2,1H3;1H/t9-,10+,11?,14?;. The number of hydrogen-bond acceptors (Lipinski definition) is 4. The number of amides is 2. The molecule has 4 heterocycles. The summed E-state index contributed by atoms with van der Waals surface area (Å²) in [7, 11) is 0. The van der Waals surface area contributed by atoms with Crippen molar-refractivity contribution in [2.45, 2.75) is 30.7 Å². The van der Waals surface area contributed by atoms with E-state index in [-0.39, 0.29) is 35.1 Å². The Labute approximate surface area is 135 Å². The Bertz CT molecular complexity index is 465. The van der Waals surface area contributed by atoms with E-state index in [4.69, 9.17) is 0 Å². The largest absolute Gasteiger partial charge is 0.340 e. The summed E-state index contributed by atoms with van der Waals surface area (Å²) in [6, 6.07) is -0.216. The summed E-state index contributed by atoms with van der Waals surface area (Å²) in [5, 5.41) is 3.40. The molecule has 0 aromatic heterocycles. The predicted octanol–water partition coefficient (Wildman–Crippen LogP) is 0.540. The van der Waals surface area contributed by atoms with Crippen LogP contribution in [0, 0.1) is 11.8 Å². The van der Waals surface area contributed by atoms with E-state index >= 15 is 0 Å². The zero-order valence-corrected chi connectivity index (χ0v) is 13.8. The molecule has 0 aromatic carbocycles. The Morgan fingerprint density at radius 3 is 2.67 bits per heavy atom. The summed E-state index contributed by atoms with van der Waals surface area (Å²) in [6.07, 6.45) is 1.48. The molecule has 4 aliphatic rings. The van der Waals surface area contributed by atoms with Crippen molar-refractivity contribution >= 4 is 36.0 Å². The number of halogens is 1. The average molecular weight is 332 g/mol. The van der Waals surface area contributed by atoms with E-state index in [1.54, 1.807) is 11.8 Å². The molecule has 4 rings (SSSR count). The molecule has 2 unspecified atom stereocenters. The first-order valence-electron chi connectivity index (χ1n) is 7.54. The molecular formula is C14H22ClN3O2S. The number of thioether (sulfide) groups is 1. The molecule has 4 saturated heterocycles. The van der Waals surface area contributed by atoms with Gasteiger partial charge in [-0.05, 0) is 25.2 Å². The normalized spacial score (nSPS) is 41.2. The molecule has 5 nitrogen and oxygen atoms in total. The van der Waals surface area contributed by atoms with Gasteiger partial charge in [-0.15, -0.1) is 24.2 Å². The van der Waals surface area contributed by atoms with Gasteiger partial charge in [0, 0.05) is 38.4 Å². The van der Waals surface area contributed by atoms with Crippen molar-refractivity contribution in [3.8, 4) is 0 Å². The van der Waals surface area contributed by atoms with Crippen LogP contribution in [0.4, 0.5) is 0 Å². The SMILES string of the molecule is CC12CCC(=O)N1C(C(=O)N1C[C@H]3CNC[C@H]3C1)CS2.Cl. The van der Waals surface area contributed by atoms with Crippen LogP contribution in [0.1, 0.15) is 19.8 Å². The predicted molar refractivity (Wildman–Crippen MR) is 84.4 cm³/mol. The Morgan fingerprint density at radius 1 is 1.33 bits per heavy atom. The lowest BCUT2D eigenvalue weighted by Crippen LogP contribution is -2.51. The minimum Gasteiger partial charge on any atom is -0.340 e. The number of fused-ring (bicyclic) bond motifs is 2. The van der Waals surface area contributed by atoms with Crippen LogP contribution in [-0.4, -0.2) is 64.5 Å². The molecule has 1 N–H and O–H groups in total. The van der Waals surface area contributed by atoms with Crippen LogP contribution < -0.4 is 5.32 Å². The van der Waals surface area contributed by atoms with Gasteiger partial charge in [0.05, 0.1) is 4.87 Å². The van der Waals surface area contributed by atoms with Crippen molar-refractivity contribution in [2.75, 3.05) is 31.9 Å². The van der Waals surface area contributed by atoms with Crippen LogP contribution in [-0.2, 0) is 9.59 Å². The monoisotopic (exact) mass is 331 g/mol. The first kappa shape index (κ1) is 15.4. The molecule has 4 atom stereocenters. The Hall–Kier alpha value is -0.460. The highest BCUT2D eigenvalue weighted by Crippen LogP contribution is 2.47. The third-order valence-corrected chi connectivity index (χ3v) is 6.94. The second-order valence-corrected chi connectivity index (χ2v) is 8.19. The minimum absolute atomic E-state index is 0. The van der Waals surface area contributed by atoms with Gasteiger partial charge in [-0.2, -0.15) is 0 Å². The van der Waals surface area contributed by atoms with Crippen LogP contribution in [0.2, 0.25) is 0 Å². The van der Waals surface area contributed by atoms with Gasteiger partial charge < -0.3 is 15.1 Å². The van der Waals surface area contributed by atoms with Crippen molar-refractivity contribution in [1.29, 1.82) is 0 Å². The maximum atomic E-state index is 12.8. The Morgan fingerprint density at radius 2 is 2.00 bits per heavy atom. The van der Waals surface area contributed by atoms with E-state index < -0.39 is 0 Å². The fraction of sp³-hybridized carbons (Fsp3) is 0.857. The molecule has 0 saturated carbocycles. The van der Waals surface area contributed by atoms with Gasteiger partial charge in [0.15, 0.2) is 0 Å². The zero-order valence-electron chi connectivity index (χ0n) is 12.2. The van der Waals surface area contributed by atoms with E-state index in [1.165, 1.54) is 0 Å². The zero-order chi connectivity index (χ0) is 13.9. The summed E-state index contributed by atoms with van der Waals surface area (Å²) in [5.41, 5.74) is 0. The van der Waals surface area contributed by atoms with Crippen molar-refractivity contribution in [3.05, 3.63) is 0 Å². The van der Waals surface area contributed by atoms with Crippen LogP contribution >= 0.6 is 24.2 Å². The number of nitrogens with zero attached hydrogens (tertiary/aromatic N) is 2. The highest BCUT2D eigenvalue weighted by Gasteiger charge is 2.54. The number of hydrogen-bond donors (Lipinski definition) is 1. The van der Waals surface area contributed by atoms with Crippen LogP contribution in [0.3, 0.4) is 0 Å². The summed E-state index contributed by atoms with van der Waals surface area (Å²) in [6.45, 7) is 5.92. The van der Waals surface area contributed by atoms with Gasteiger partial charge in [-0.25, -0.2) is 0 Å². The fourth-order valence-electron chi connectivity index (χ4n) is 4.25. The van der Waals surface area contributed by atoms with Gasteiger partial charge >= 0.3 is 0 Å². The molecule has 0 radical (unpaired) electrons. The van der Waals surface area contributed by atoms with Crippen LogP contribution in [0.15, 0.2) is 0 Å². The lowest BCUT2D eigenvalue weighted by molar-refractivity contribution is -0.143. The molecule has 118 valence electrons. The summed E-state index contributed by atoms with van der Waals surface area (Å²) >= 11 is 1.78. The molecule has 4 aliphatic heterocycles. The maximum absolute atomic E-state index is 12.8. The topological polar surface area (TPSA) is 52.7 Å². The van der Waals surface area contributed by atoms with E-state index in [0.29, 0.717) is 18.3 Å². The number of carbonyl (C=O) groups excluding carboxylic acids is 2. The molecule has 0 aliphatic carbocycles. The van der Waals surface area contributed by atoms with Gasteiger partial charge in [0.1, 0.15) is 6.04 Å². The maximum Gasteiger partial charge on any atom is 0.246 e. The van der Waals surface area contributed by atoms with Crippen molar-refractivity contribution in [1.82, 2.24) is 15.1 Å². The minimum atomic E-state index is -0.216. The van der Waals surface area contributed by atoms with Gasteiger partial charge in [0.2, 0.25) is 11.8 Å². The van der Waals surface area contributed by atoms with Crippen LogP contribution in [0.25, 0.3) is 0 Å². The quantitative estimate of drug-likeness (QED) is 0.762. The molecule has 0 aromatic rings. The third kappa shape index (κ3) is 2.26. The fourth-order valence-corrected chi connectivity index (χ4v) is 5.67. The van der Waals surface area contributed by atoms with Gasteiger partial charge in [-0.1, -0.05) is 0 Å². The van der Waals surface area contributed by atoms with Crippen molar-refractivity contribution in [3.63, 3.8) is 0 Å². The molecule has 7 heteroatoms. The molecule has 21 heavy (non-hydrogen) atoms.